The summed E-state index contributed by atoms with van der Waals surface area (Å²) >= 11 is 0. The van der Waals surface area contributed by atoms with Crippen molar-refractivity contribution in [3.63, 3.8) is 0 Å². The molecule has 0 bridgehead atoms. The summed E-state index contributed by atoms with van der Waals surface area (Å²) in [6.45, 7) is 0.506. The molecule has 1 aliphatic heterocycles. The van der Waals surface area contributed by atoms with Gasteiger partial charge in [-0.3, -0.25) is 4.79 Å². The van der Waals surface area contributed by atoms with E-state index in [1.165, 1.54) is 11.0 Å². The van der Waals surface area contributed by atoms with Crippen molar-refractivity contribution in [3.05, 3.63) is 59.4 Å². The van der Waals surface area contributed by atoms with Crippen molar-refractivity contribution in [1.29, 1.82) is 0 Å². The molecule has 2 aromatic carbocycles. The Morgan fingerprint density at radius 3 is 2.85 bits per heavy atom. The number of nitrogens with zero attached hydrogens (tertiary/aromatic N) is 1. The first-order chi connectivity index (χ1) is 9.70. The van der Waals surface area contributed by atoms with E-state index >= 15 is 0 Å². The first-order valence-electron chi connectivity index (χ1n) is 6.44. The summed E-state index contributed by atoms with van der Waals surface area (Å²) in [5.41, 5.74) is 1.78. The fraction of sp³-hybridized carbons (Fsp3) is 0.188. The number of halogens is 1. The van der Waals surface area contributed by atoms with Crippen molar-refractivity contribution < 1.29 is 13.9 Å². The van der Waals surface area contributed by atoms with Gasteiger partial charge in [0.05, 0.1) is 12.8 Å². The van der Waals surface area contributed by atoms with Crippen LogP contribution >= 0.6 is 0 Å². The maximum Gasteiger partial charge on any atom is 0.258 e. The molecule has 0 atom stereocenters. The van der Waals surface area contributed by atoms with Crippen LogP contribution in [0.2, 0.25) is 0 Å². The molecule has 20 heavy (non-hydrogen) atoms. The number of anilines is 1. The van der Waals surface area contributed by atoms with E-state index < -0.39 is 0 Å². The molecule has 0 saturated heterocycles. The lowest BCUT2D eigenvalue weighted by Crippen LogP contribution is -2.29. The fourth-order valence-electron chi connectivity index (χ4n) is 2.52. The van der Waals surface area contributed by atoms with Gasteiger partial charge in [-0.25, -0.2) is 4.39 Å². The third-order valence-electron chi connectivity index (χ3n) is 3.51. The van der Waals surface area contributed by atoms with Gasteiger partial charge < -0.3 is 9.64 Å². The Hall–Kier alpha value is -2.36. The predicted molar refractivity (Wildman–Crippen MR) is 74.8 cm³/mol. The molecule has 0 N–H and O–H groups in total. The number of hydrogen-bond donors (Lipinski definition) is 0. The molecule has 3 rings (SSSR count). The van der Waals surface area contributed by atoms with Gasteiger partial charge in [-0.1, -0.05) is 18.2 Å². The van der Waals surface area contributed by atoms with E-state index in [-0.39, 0.29) is 11.7 Å². The third kappa shape index (κ3) is 2.03. The lowest BCUT2D eigenvalue weighted by molar-refractivity contribution is 0.0988. The Morgan fingerprint density at radius 1 is 1.25 bits per heavy atom. The number of amides is 1. The number of carbonyl (C=O) groups excluding carboxylic acids is 1. The number of benzene rings is 2. The monoisotopic (exact) mass is 271 g/mol. The molecule has 4 heteroatoms. The highest BCUT2D eigenvalue weighted by atomic mass is 19.1. The minimum Gasteiger partial charge on any atom is -0.497 e. The van der Waals surface area contributed by atoms with Crippen LogP contribution in [-0.2, 0) is 6.42 Å². The van der Waals surface area contributed by atoms with Crippen LogP contribution in [0, 0.1) is 5.82 Å². The largest absolute Gasteiger partial charge is 0.497 e. The Morgan fingerprint density at radius 2 is 2.05 bits per heavy atom. The van der Waals surface area contributed by atoms with Crippen LogP contribution < -0.4 is 9.64 Å². The van der Waals surface area contributed by atoms with Crippen LogP contribution in [0.3, 0.4) is 0 Å². The van der Waals surface area contributed by atoms with E-state index in [0.717, 1.165) is 5.56 Å². The highest BCUT2D eigenvalue weighted by Crippen LogP contribution is 2.32. The van der Waals surface area contributed by atoms with E-state index in [1.54, 1.807) is 37.4 Å². The van der Waals surface area contributed by atoms with Crippen molar-refractivity contribution in [2.24, 2.45) is 0 Å². The summed E-state index contributed by atoms with van der Waals surface area (Å²) < 4.78 is 19.1. The van der Waals surface area contributed by atoms with E-state index in [9.17, 15) is 9.18 Å². The quantitative estimate of drug-likeness (QED) is 0.840. The number of rotatable bonds is 2. The van der Waals surface area contributed by atoms with Gasteiger partial charge in [-0.2, -0.15) is 0 Å². The van der Waals surface area contributed by atoms with Crippen LogP contribution in [-0.4, -0.2) is 19.6 Å². The third-order valence-corrected chi connectivity index (χ3v) is 3.51. The summed E-state index contributed by atoms with van der Waals surface area (Å²) in [6, 6.07) is 11.8. The fourth-order valence-corrected chi connectivity index (χ4v) is 2.52. The second-order valence-electron chi connectivity index (χ2n) is 4.69. The van der Waals surface area contributed by atoms with Crippen molar-refractivity contribution in [2.45, 2.75) is 6.42 Å². The van der Waals surface area contributed by atoms with Gasteiger partial charge in [-0.05, 0) is 36.2 Å². The zero-order valence-electron chi connectivity index (χ0n) is 11.1. The zero-order chi connectivity index (χ0) is 14.1. The summed E-state index contributed by atoms with van der Waals surface area (Å²) in [5, 5.41) is 0. The molecule has 0 aliphatic carbocycles. The molecular formula is C16H14FNO2. The smallest absolute Gasteiger partial charge is 0.258 e. The second-order valence-corrected chi connectivity index (χ2v) is 4.69. The number of carbonyl (C=O) groups is 1. The number of para-hydroxylation sites is 1. The van der Waals surface area contributed by atoms with Gasteiger partial charge in [-0.15, -0.1) is 0 Å². The Bertz CT molecular complexity index is 669. The van der Waals surface area contributed by atoms with E-state index in [0.29, 0.717) is 30.0 Å². The number of hydrogen-bond acceptors (Lipinski definition) is 2. The van der Waals surface area contributed by atoms with Gasteiger partial charge >= 0.3 is 0 Å². The summed E-state index contributed by atoms with van der Waals surface area (Å²) in [4.78, 5) is 14.0. The highest BCUT2D eigenvalue weighted by Gasteiger charge is 2.28. The van der Waals surface area contributed by atoms with Crippen LogP contribution in [0.4, 0.5) is 10.1 Å². The SMILES string of the molecule is COc1cccc(C(=O)N2CCc3cccc(F)c32)c1. The van der Waals surface area contributed by atoms with Crippen LogP contribution in [0.5, 0.6) is 5.75 Å². The molecule has 0 aromatic heterocycles. The van der Waals surface area contributed by atoms with Gasteiger partial charge in [0.1, 0.15) is 11.6 Å². The van der Waals surface area contributed by atoms with Gasteiger partial charge in [0.2, 0.25) is 0 Å². The van der Waals surface area contributed by atoms with E-state index in [1.807, 2.05) is 6.07 Å². The molecule has 1 aliphatic rings. The maximum atomic E-state index is 13.9. The van der Waals surface area contributed by atoms with Gasteiger partial charge in [0.25, 0.3) is 5.91 Å². The average Bonchev–Trinajstić information content (AvgIpc) is 2.92. The Labute approximate surface area is 116 Å². The van der Waals surface area contributed by atoms with Gasteiger partial charge in [0, 0.05) is 12.1 Å². The van der Waals surface area contributed by atoms with Crippen molar-refractivity contribution in [1.82, 2.24) is 0 Å². The van der Waals surface area contributed by atoms with Crippen LogP contribution in [0.1, 0.15) is 15.9 Å². The highest BCUT2D eigenvalue weighted by molar-refractivity contribution is 6.07. The number of fused-ring (bicyclic) bond motifs is 1. The average molecular weight is 271 g/mol. The van der Waals surface area contributed by atoms with E-state index in [4.69, 9.17) is 4.74 Å². The number of methoxy groups -OCH3 is 1. The lowest BCUT2D eigenvalue weighted by atomic mass is 10.1. The summed E-state index contributed by atoms with van der Waals surface area (Å²) in [7, 11) is 1.55. The molecule has 0 spiro atoms. The molecule has 0 unspecified atom stereocenters. The first kappa shape index (κ1) is 12.7. The topological polar surface area (TPSA) is 29.5 Å². The normalized spacial score (nSPS) is 13.2. The molecular weight excluding hydrogens is 257 g/mol. The standard InChI is InChI=1S/C16H14FNO2/c1-20-13-6-2-5-12(10-13)16(19)18-9-8-11-4-3-7-14(17)15(11)18/h2-7,10H,8-9H2,1H3. The number of ether oxygens (including phenoxy) is 1. The molecule has 0 radical (unpaired) electrons. The Kier molecular flexibility index (Phi) is 3.14. The minimum atomic E-state index is -0.351. The summed E-state index contributed by atoms with van der Waals surface area (Å²) in [6.07, 6.45) is 0.683. The zero-order valence-corrected chi connectivity index (χ0v) is 11.1. The van der Waals surface area contributed by atoms with E-state index in [2.05, 4.69) is 0 Å². The minimum absolute atomic E-state index is 0.201. The molecule has 3 nitrogen and oxygen atoms in total. The van der Waals surface area contributed by atoms with Crippen LogP contribution in [0.15, 0.2) is 42.5 Å². The van der Waals surface area contributed by atoms with Crippen molar-refractivity contribution in [2.75, 3.05) is 18.6 Å². The summed E-state index contributed by atoms with van der Waals surface area (Å²) in [5.74, 6) is 0.0628. The first-order valence-corrected chi connectivity index (χ1v) is 6.44. The second kappa shape index (κ2) is 4.96. The molecule has 0 fully saturated rings. The van der Waals surface area contributed by atoms with Crippen molar-refractivity contribution in [3.8, 4) is 5.75 Å². The maximum absolute atomic E-state index is 13.9. The molecule has 0 saturated carbocycles. The van der Waals surface area contributed by atoms with Gasteiger partial charge in [0.15, 0.2) is 0 Å². The molecule has 102 valence electrons. The Balaban J connectivity index is 1.97. The molecule has 1 heterocycles. The predicted octanol–water partition coefficient (Wildman–Crippen LogP) is 3.04. The lowest BCUT2D eigenvalue weighted by Gasteiger charge is -2.18. The molecule has 2 aromatic rings. The molecule has 1 amide bonds. The van der Waals surface area contributed by atoms with Crippen molar-refractivity contribution >= 4 is 11.6 Å². The van der Waals surface area contributed by atoms with Crippen LogP contribution in [0.25, 0.3) is 0 Å².